The fourth-order valence-electron chi connectivity index (χ4n) is 3.13. The van der Waals surface area contributed by atoms with Crippen LogP contribution < -0.4 is 4.90 Å². The van der Waals surface area contributed by atoms with Crippen LogP contribution in [0.5, 0.6) is 0 Å². The third kappa shape index (κ3) is 4.55. The molecule has 0 aliphatic carbocycles. The second-order valence-corrected chi connectivity index (χ2v) is 7.30. The number of benzene rings is 1. The highest BCUT2D eigenvalue weighted by Crippen LogP contribution is 2.28. The maximum atomic E-state index is 6.37. The van der Waals surface area contributed by atoms with Crippen molar-refractivity contribution in [3.8, 4) is 0 Å². The predicted molar refractivity (Wildman–Crippen MR) is 101 cm³/mol. The topological polar surface area (TPSA) is 41.5 Å². The van der Waals surface area contributed by atoms with Crippen molar-refractivity contribution in [2.45, 2.75) is 32.6 Å². The molecule has 1 aromatic carbocycles. The molecule has 0 bridgehead atoms. The van der Waals surface area contributed by atoms with Crippen LogP contribution >= 0.6 is 0 Å². The van der Waals surface area contributed by atoms with E-state index in [0.29, 0.717) is 5.92 Å². The summed E-state index contributed by atoms with van der Waals surface area (Å²) < 4.78 is 6.37. The van der Waals surface area contributed by atoms with Gasteiger partial charge in [-0.05, 0) is 11.5 Å². The summed E-state index contributed by atoms with van der Waals surface area (Å²) in [7, 11) is 3.91. The maximum Gasteiger partial charge on any atom is 0.224 e. The lowest BCUT2D eigenvalue weighted by Crippen LogP contribution is -2.45. The summed E-state index contributed by atoms with van der Waals surface area (Å²) in [5, 5.41) is 0. The summed E-state index contributed by atoms with van der Waals surface area (Å²) in [5.41, 5.74) is 2.39. The molecular formula is C20H28N4O. The van der Waals surface area contributed by atoms with Gasteiger partial charge in [0.15, 0.2) is 0 Å². The molecule has 1 aromatic heterocycles. The quantitative estimate of drug-likeness (QED) is 0.836. The van der Waals surface area contributed by atoms with Crippen molar-refractivity contribution >= 4 is 5.95 Å². The zero-order valence-corrected chi connectivity index (χ0v) is 15.6. The molecule has 2 aromatic rings. The Morgan fingerprint density at radius 3 is 2.40 bits per heavy atom. The number of anilines is 1. The van der Waals surface area contributed by atoms with E-state index in [1.54, 1.807) is 0 Å². The number of ether oxygens (including phenoxy) is 1. The van der Waals surface area contributed by atoms with Gasteiger partial charge in [-0.1, -0.05) is 44.2 Å². The van der Waals surface area contributed by atoms with E-state index in [9.17, 15) is 0 Å². The van der Waals surface area contributed by atoms with Crippen molar-refractivity contribution in [1.82, 2.24) is 14.9 Å². The molecule has 0 N–H and O–H groups in total. The van der Waals surface area contributed by atoms with Crippen molar-refractivity contribution < 1.29 is 4.74 Å². The van der Waals surface area contributed by atoms with Crippen LogP contribution in [-0.2, 0) is 11.3 Å². The summed E-state index contributed by atoms with van der Waals surface area (Å²) in [6.45, 7) is 7.14. The average molecular weight is 340 g/mol. The Hall–Kier alpha value is -1.98. The molecule has 2 atom stereocenters. The zero-order chi connectivity index (χ0) is 17.8. The van der Waals surface area contributed by atoms with Crippen LogP contribution in [0.3, 0.4) is 0 Å². The first-order valence-corrected chi connectivity index (χ1v) is 8.94. The van der Waals surface area contributed by atoms with Crippen molar-refractivity contribution in [2.75, 3.05) is 32.1 Å². The first kappa shape index (κ1) is 17.8. The fourth-order valence-corrected chi connectivity index (χ4v) is 3.13. The standard InChI is InChI=1S/C20H28N4O/c1-15(2)18-13-24(12-16-10-21-20(22-11-16)23(3)4)14-19(25-18)17-8-6-5-7-9-17/h5-11,15,18-19H,12-14H2,1-4H3/t18-,19+/m1/s1. The van der Waals surface area contributed by atoms with Gasteiger partial charge in [0.25, 0.3) is 0 Å². The molecule has 0 radical (unpaired) electrons. The Balaban J connectivity index is 1.73. The molecule has 134 valence electrons. The molecule has 1 fully saturated rings. The second-order valence-electron chi connectivity index (χ2n) is 7.30. The first-order valence-electron chi connectivity index (χ1n) is 8.94. The molecule has 3 rings (SSSR count). The van der Waals surface area contributed by atoms with E-state index < -0.39 is 0 Å². The lowest BCUT2D eigenvalue weighted by Gasteiger charge is -2.40. The monoisotopic (exact) mass is 340 g/mol. The second kappa shape index (κ2) is 7.93. The van der Waals surface area contributed by atoms with Crippen molar-refractivity contribution in [3.63, 3.8) is 0 Å². The van der Waals surface area contributed by atoms with Gasteiger partial charge in [-0.15, -0.1) is 0 Å². The van der Waals surface area contributed by atoms with Gasteiger partial charge in [0, 0.05) is 51.7 Å². The van der Waals surface area contributed by atoms with E-state index in [0.717, 1.165) is 31.1 Å². The number of hydrogen-bond acceptors (Lipinski definition) is 5. The summed E-state index contributed by atoms with van der Waals surface area (Å²) >= 11 is 0. The summed E-state index contributed by atoms with van der Waals surface area (Å²) in [6.07, 6.45) is 4.21. The molecule has 2 heterocycles. The molecule has 5 heteroatoms. The average Bonchev–Trinajstić information content (AvgIpc) is 2.62. The Labute approximate surface area is 150 Å². The molecule has 5 nitrogen and oxygen atoms in total. The lowest BCUT2D eigenvalue weighted by molar-refractivity contribution is -0.107. The summed E-state index contributed by atoms with van der Waals surface area (Å²) in [6, 6.07) is 10.5. The van der Waals surface area contributed by atoms with Crippen LogP contribution in [0.1, 0.15) is 31.1 Å². The van der Waals surface area contributed by atoms with Crippen molar-refractivity contribution in [1.29, 1.82) is 0 Å². The zero-order valence-electron chi connectivity index (χ0n) is 15.6. The number of morpholine rings is 1. The normalized spacial score (nSPS) is 21.5. The van der Waals surface area contributed by atoms with Gasteiger partial charge in [-0.2, -0.15) is 0 Å². The van der Waals surface area contributed by atoms with E-state index in [2.05, 4.69) is 53.0 Å². The number of nitrogens with zero attached hydrogens (tertiary/aromatic N) is 4. The van der Waals surface area contributed by atoms with Crippen molar-refractivity contribution in [2.24, 2.45) is 5.92 Å². The van der Waals surface area contributed by atoms with Crippen LogP contribution in [0.15, 0.2) is 42.7 Å². The van der Waals surface area contributed by atoms with Gasteiger partial charge >= 0.3 is 0 Å². The minimum Gasteiger partial charge on any atom is -0.367 e. The Morgan fingerprint density at radius 2 is 1.80 bits per heavy atom. The van der Waals surface area contributed by atoms with Crippen LogP contribution in [0.2, 0.25) is 0 Å². The van der Waals surface area contributed by atoms with Crippen LogP contribution in [0.4, 0.5) is 5.95 Å². The number of rotatable bonds is 5. The van der Waals surface area contributed by atoms with Crippen LogP contribution in [-0.4, -0.2) is 48.2 Å². The predicted octanol–water partition coefficient (Wildman–Crippen LogP) is 3.14. The van der Waals surface area contributed by atoms with Gasteiger partial charge < -0.3 is 9.64 Å². The molecule has 0 amide bonds. The minimum absolute atomic E-state index is 0.115. The molecule has 25 heavy (non-hydrogen) atoms. The summed E-state index contributed by atoms with van der Waals surface area (Å²) in [5.74, 6) is 1.23. The Morgan fingerprint density at radius 1 is 1.12 bits per heavy atom. The highest BCUT2D eigenvalue weighted by atomic mass is 16.5. The Kier molecular flexibility index (Phi) is 5.66. The van der Waals surface area contributed by atoms with Gasteiger partial charge in [0.1, 0.15) is 0 Å². The minimum atomic E-state index is 0.115. The highest BCUT2D eigenvalue weighted by molar-refractivity contribution is 5.26. The molecule has 0 saturated carbocycles. The van der Waals surface area contributed by atoms with Crippen LogP contribution in [0.25, 0.3) is 0 Å². The Bertz CT molecular complexity index is 657. The molecule has 1 aliphatic heterocycles. The van der Waals surface area contributed by atoms with E-state index in [1.165, 1.54) is 5.56 Å². The molecule has 1 aliphatic rings. The number of hydrogen-bond donors (Lipinski definition) is 0. The molecule has 1 saturated heterocycles. The van der Waals surface area contributed by atoms with E-state index in [4.69, 9.17) is 4.74 Å². The SMILES string of the molecule is CC(C)[C@H]1CN(Cc2cnc(N(C)C)nc2)C[C@@H](c2ccccc2)O1. The molecule has 0 spiro atoms. The van der Waals surface area contributed by atoms with Gasteiger partial charge in [0.05, 0.1) is 12.2 Å². The van der Waals surface area contributed by atoms with Gasteiger partial charge in [-0.3, -0.25) is 4.90 Å². The third-order valence-corrected chi connectivity index (χ3v) is 4.61. The number of aromatic nitrogens is 2. The van der Waals surface area contributed by atoms with Gasteiger partial charge in [-0.25, -0.2) is 9.97 Å². The lowest BCUT2D eigenvalue weighted by atomic mass is 10.0. The smallest absolute Gasteiger partial charge is 0.224 e. The molecular weight excluding hydrogens is 312 g/mol. The fraction of sp³-hybridized carbons (Fsp3) is 0.500. The van der Waals surface area contributed by atoms with Crippen molar-refractivity contribution in [3.05, 3.63) is 53.9 Å². The van der Waals surface area contributed by atoms with Crippen LogP contribution in [0, 0.1) is 5.92 Å². The first-order chi connectivity index (χ1) is 12.0. The van der Waals surface area contributed by atoms with E-state index in [-0.39, 0.29) is 12.2 Å². The van der Waals surface area contributed by atoms with E-state index in [1.807, 2.05) is 37.5 Å². The summed E-state index contributed by atoms with van der Waals surface area (Å²) in [4.78, 5) is 13.2. The maximum absolute atomic E-state index is 6.37. The molecule has 0 unspecified atom stereocenters. The van der Waals surface area contributed by atoms with Gasteiger partial charge in [0.2, 0.25) is 5.95 Å². The largest absolute Gasteiger partial charge is 0.367 e. The highest BCUT2D eigenvalue weighted by Gasteiger charge is 2.30. The van der Waals surface area contributed by atoms with E-state index >= 15 is 0 Å². The third-order valence-electron chi connectivity index (χ3n) is 4.61.